The molecule has 3 aliphatic heterocycles. The lowest BCUT2D eigenvalue weighted by atomic mass is 10.1. The van der Waals surface area contributed by atoms with Gasteiger partial charge >= 0.3 is 0 Å². The fraction of sp³-hybridized carbons (Fsp3) is 0.0435. The number of fused-ring (bicyclic) bond motifs is 2. The smallest absolute Gasteiger partial charge is 0.282 e. The van der Waals surface area contributed by atoms with Crippen molar-refractivity contribution in [2.75, 3.05) is 29.3 Å². The van der Waals surface area contributed by atoms with Gasteiger partial charge in [-0.05, 0) is 83.9 Å². The second-order valence-corrected chi connectivity index (χ2v) is 14.2. The number of aliphatic imine (C=N–C) groups is 2. The van der Waals surface area contributed by atoms with E-state index in [1.807, 2.05) is 146 Å². The number of rotatable bonds is 8. The molecule has 0 bridgehead atoms. The van der Waals surface area contributed by atoms with Crippen LogP contribution in [0.4, 0.5) is 22.7 Å². The highest BCUT2D eigenvalue weighted by atomic mass is 32.2. The Morgan fingerprint density at radius 1 is 0.536 bits per heavy atom. The van der Waals surface area contributed by atoms with Gasteiger partial charge in [0.15, 0.2) is 0 Å². The second kappa shape index (κ2) is 14.6. The predicted molar refractivity (Wildman–Crippen MR) is 223 cm³/mol. The third-order valence-corrected chi connectivity index (χ3v) is 10.7. The zero-order valence-electron chi connectivity index (χ0n) is 30.3. The Balaban J connectivity index is 1.04. The molecule has 6 aromatic rings. The van der Waals surface area contributed by atoms with Crippen molar-refractivity contribution >= 4 is 70.1 Å². The summed E-state index contributed by atoms with van der Waals surface area (Å²) in [5, 5.41) is 3.55. The number of hydrogen-bond acceptors (Lipinski definition) is 8. The van der Waals surface area contributed by atoms with Gasteiger partial charge in [-0.15, -0.1) is 0 Å². The molecule has 0 saturated carbocycles. The minimum atomic E-state index is -0.227. The maximum atomic E-state index is 14.2. The van der Waals surface area contributed by atoms with Gasteiger partial charge in [-0.25, -0.2) is 9.98 Å². The van der Waals surface area contributed by atoms with Crippen LogP contribution in [0, 0.1) is 0 Å². The molecule has 9 rings (SSSR count). The van der Waals surface area contributed by atoms with Gasteiger partial charge in [0.1, 0.15) is 34.6 Å². The number of ether oxygens (including phenoxy) is 2. The molecule has 3 aliphatic rings. The Bertz CT molecular complexity index is 2450. The van der Waals surface area contributed by atoms with Crippen LogP contribution < -0.4 is 24.6 Å². The Morgan fingerprint density at radius 2 is 0.946 bits per heavy atom. The molecule has 56 heavy (non-hydrogen) atoms. The second-order valence-electron chi connectivity index (χ2n) is 13.1. The van der Waals surface area contributed by atoms with Crippen LogP contribution in [0.3, 0.4) is 0 Å². The van der Waals surface area contributed by atoms with Gasteiger partial charge in [-0.3, -0.25) is 19.4 Å². The van der Waals surface area contributed by atoms with Crippen LogP contribution in [0.5, 0.6) is 11.5 Å². The Hall–Kier alpha value is -7.17. The number of benzene rings is 6. The molecule has 0 aromatic heterocycles. The van der Waals surface area contributed by atoms with E-state index in [2.05, 4.69) is 5.32 Å². The lowest BCUT2D eigenvalue weighted by Gasteiger charge is -2.26. The molecule has 272 valence electrons. The van der Waals surface area contributed by atoms with E-state index in [4.69, 9.17) is 19.5 Å². The van der Waals surface area contributed by atoms with Crippen molar-refractivity contribution in [3.63, 3.8) is 0 Å². The number of nitrogens with one attached hydrogen (secondary N) is 1. The first-order valence-electron chi connectivity index (χ1n) is 17.9. The number of nitrogens with zero attached hydrogens (tertiary/aromatic N) is 4. The van der Waals surface area contributed by atoms with Crippen molar-refractivity contribution in [3.05, 3.63) is 179 Å². The molecule has 0 fully saturated rings. The van der Waals surface area contributed by atoms with Crippen LogP contribution in [0.1, 0.15) is 22.3 Å². The van der Waals surface area contributed by atoms with E-state index in [9.17, 15) is 9.59 Å². The minimum absolute atomic E-state index is 0.227. The number of anilines is 4. The Labute approximate surface area is 328 Å². The summed E-state index contributed by atoms with van der Waals surface area (Å²) < 4.78 is 10.6. The first-order valence-corrected chi connectivity index (χ1v) is 18.7. The first-order chi connectivity index (χ1) is 27.4. The number of hydrogen-bond donors (Lipinski definition) is 1. The molecule has 1 N–H and O–H groups in total. The maximum Gasteiger partial charge on any atom is 0.282 e. The third-order valence-electron chi connectivity index (χ3n) is 9.56. The summed E-state index contributed by atoms with van der Waals surface area (Å²) in [6.45, 7) is 0. The van der Waals surface area contributed by atoms with Crippen molar-refractivity contribution in [1.82, 2.24) is 0 Å². The zero-order chi connectivity index (χ0) is 38.2. The molecule has 3 heterocycles. The fourth-order valence-corrected chi connectivity index (χ4v) is 7.78. The average molecular weight is 752 g/mol. The molecule has 0 atom stereocenters. The van der Waals surface area contributed by atoms with Gasteiger partial charge in [0.05, 0.1) is 37.0 Å². The highest BCUT2D eigenvalue weighted by molar-refractivity contribution is 7.99. The van der Waals surface area contributed by atoms with E-state index >= 15 is 0 Å². The highest BCUT2D eigenvalue weighted by Gasteiger charge is 2.35. The highest BCUT2D eigenvalue weighted by Crippen LogP contribution is 2.47. The van der Waals surface area contributed by atoms with Crippen LogP contribution in [0.2, 0.25) is 0 Å². The SMILES string of the molecule is COc1ccc(/C=C2\N=C(c3ccccc3)N(c3ccc4c(c3)Sc3cc(N5C(=O)/C(=C\c6ccc(OC)cc6)N=C5c5ccccc5)ccc3N4)C2=O)cc1. The van der Waals surface area contributed by atoms with Crippen LogP contribution in [-0.4, -0.2) is 37.7 Å². The van der Waals surface area contributed by atoms with Crippen molar-refractivity contribution < 1.29 is 19.1 Å². The third kappa shape index (κ3) is 6.52. The van der Waals surface area contributed by atoms with E-state index in [0.717, 1.165) is 54.9 Å². The van der Waals surface area contributed by atoms with Crippen molar-refractivity contribution in [2.45, 2.75) is 9.79 Å². The molecule has 9 nitrogen and oxygen atoms in total. The maximum absolute atomic E-state index is 14.2. The molecule has 0 radical (unpaired) electrons. The molecule has 0 saturated heterocycles. The number of amides is 2. The number of methoxy groups -OCH3 is 2. The Morgan fingerprint density at radius 3 is 1.34 bits per heavy atom. The van der Waals surface area contributed by atoms with Gasteiger partial charge in [-0.1, -0.05) is 96.7 Å². The number of carbonyl (C=O) groups is 2. The van der Waals surface area contributed by atoms with Crippen LogP contribution in [0.15, 0.2) is 177 Å². The van der Waals surface area contributed by atoms with Crippen molar-refractivity contribution in [3.8, 4) is 11.5 Å². The van der Waals surface area contributed by atoms with E-state index in [0.29, 0.717) is 34.4 Å². The van der Waals surface area contributed by atoms with Crippen LogP contribution in [-0.2, 0) is 9.59 Å². The number of carbonyl (C=O) groups excluding carboxylic acids is 2. The van der Waals surface area contributed by atoms with Gasteiger partial charge < -0.3 is 14.8 Å². The van der Waals surface area contributed by atoms with E-state index in [-0.39, 0.29) is 11.8 Å². The predicted octanol–water partition coefficient (Wildman–Crippen LogP) is 9.58. The van der Waals surface area contributed by atoms with E-state index in [1.54, 1.807) is 47.9 Å². The quantitative estimate of drug-likeness (QED) is 0.156. The summed E-state index contributed by atoms with van der Waals surface area (Å²) in [4.78, 5) is 43.2. The van der Waals surface area contributed by atoms with Gasteiger partial charge in [-0.2, -0.15) is 0 Å². The van der Waals surface area contributed by atoms with Crippen LogP contribution >= 0.6 is 11.8 Å². The molecule has 0 spiro atoms. The monoisotopic (exact) mass is 751 g/mol. The molecule has 6 aromatic carbocycles. The zero-order valence-corrected chi connectivity index (χ0v) is 31.2. The topological polar surface area (TPSA) is 95.8 Å². The van der Waals surface area contributed by atoms with Gasteiger partial charge in [0.25, 0.3) is 11.8 Å². The van der Waals surface area contributed by atoms with Gasteiger partial charge in [0, 0.05) is 20.9 Å². The first kappa shape index (κ1) is 34.6. The fourth-order valence-electron chi connectivity index (χ4n) is 6.73. The molecule has 10 heteroatoms. The summed E-state index contributed by atoms with van der Waals surface area (Å²) in [6.07, 6.45) is 3.59. The summed E-state index contributed by atoms with van der Waals surface area (Å²) in [6, 6.07) is 46.3. The molecule has 0 aliphatic carbocycles. The molecule has 0 unspecified atom stereocenters. The lowest BCUT2D eigenvalue weighted by molar-refractivity contribution is -0.114. The van der Waals surface area contributed by atoms with E-state index < -0.39 is 0 Å². The van der Waals surface area contributed by atoms with Gasteiger partial charge in [0.2, 0.25) is 0 Å². The normalized spacial score (nSPS) is 16.0. The summed E-state index contributed by atoms with van der Waals surface area (Å²) in [7, 11) is 3.24. The summed E-state index contributed by atoms with van der Waals surface area (Å²) in [5.41, 5.74) is 7.17. The minimum Gasteiger partial charge on any atom is -0.497 e. The summed E-state index contributed by atoms with van der Waals surface area (Å²) in [5.74, 6) is 2.11. The van der Waals surface area contributed by atoms with Crippen molar-refractivity contribution in [2.24, 2.45) is 9.98 Å². The lowest BCUT2D eigenvalue weighted by Crippen LogP contribution is -2.32. The van der Waals surface area contributed by atoms with E-state index in [1.165, 1.54) is 0 Å². The summed E-state index contributed by atoms with van der Waals surface area (Å²) >= 11 is 1.57. The largest absolute Gasteiger partial charge is 0.497 e. The van der Waals surface area contributed by atoms with Crippen LogP contribution in [0.25, 0.3) is 12.2 Å². The Kier molecular flexibility index (Phi) is 9.00. The number of amidine groups is 2. The molecular formula is C46H33N5O4S. The standard InChI is InChI=1S/C46H33N5O4S/c1-54-35-19-13-29(14-20-35)25-39-45(52)50(43(48-39)31-9-5-3-6-10-31)33-17-23-37-41(27-33)56-42-28-34(18-24-38(42)47-37)51-44(32-11-7-4-8-12-32)49-40(46(51)53)26-30-15-21-36(55-2)22-16-30/h3-28,47H,1-2H3/b39-25-,40-26+. The average Bonchev–Trinajstić information content (AvgIpc) is 3.75. The van der Waals surface area contributed by atoms with Crippen molar-refractivity contribution in [1.29, 1.82) is 0 Å². The molecular weight excluding hydrogens is 719 g/mol. The molecule has 2 amide bonds.